The summed E-state index contributed by atoms with van der Waals surface area (Å²) in [5, 5.41) is 0. The first-order chi connectivity index (χ1) is 7.10. The van der Waals surface area contributed by atoms with Crippen molar-refractivity contribution >= 4 is 16.2 Å². The Kier molecular flexibility index (Phi) is 3.82. The van der Waals surface area contributed by atoms with Crippen LogP contribution in [0.15, 0.2) is 48.4 Å². The van der Waals surface area contributed by atoms with Gasteiger partial charge < -0.3 is 0 Å². The zero-order chi connectivity index (χ0) is 11.3. The zero-order valence-electron chi connectivity index (χ0n) is 8.22. The van der Waals surface area contributed by atoms with E-state index in [1.807, 2.05) is 0 Å². The molecule has 15 heavy (non-hydrogen) atoms. The first-order valence-corrected chi connectivity index (χ1v) is 5.74. The first-order valence-electron chi connectivity index (χ1n) is 4.33. The highest BCUT2D eigenvalue weighted by molar-refractivity contribution is 7.86. The van der Waals surface area contributed by atoms with Crippen LogP contribution in [0.5, 0.6) is 0 Å². The van der Waals surface area contributed by atoms with Crippen LogP contribution in [-0.4, -0.2) is 15.0 Å². The van der Waals surface area contributed by atoms with Gasteiger partial charge in [0.2, 0.25) is 0 Å². The van der Waals surface area contributed by atoms with Gasteiger partial charge in [-0.05, 0) is 17.7 Å². The largest absolute Gasteiger partial charge is 0.297 e. The fourth-order valence-corrected chi connectivity index (χ4v) is 1.86. The lowest BCUT2D eigenvalue weighted by molar-refractivity contribution is 0.357. The lowest BCUT2D eigenvalue weighted by Crippen LogP contribution is -2.06. The smallest absolute Gasteiger partial charge is 0.262 e. The average Bonchev–Trinajstić information content (AvgIpc) is 2.26. The quantitative estimate of drug-likeness (QED) is 0.569. The van der Waals surface area contributed by atoms with Crippen LogP contribution < -0.4 is 0 Å². The second-order valence-electron chi connectivity index (χ2n) is 2.80. The fraction of sp³-hybridized carbons (Fsp3) is 0.0909. The van der Waals surface area contributed by atoms with E-state index in [9.17, 15) is 8.42 Å². The van der Waals surface area contributed by atoms with E-state index < -0.39 is 10.1 Å². The molecular formula is C11H12O3S. The monoisotopic (exact) mass is 224 g/mol. The summed E-state index contributed by atoms with van der Waals surface area (Å²) < 4.78 is 27.7. The highest BCUT2D eigenvalue weighted by atomic mass is 32.2. The molecule has 0 aliphatic carbocycles. The van der Waals surface area contributed by atoms with Crippen LogP contribution >= 0.6 is 0 Å². The topological polar surface area (TPSA) is 43.4 Å². The third-order valence-corrected chi connectivity index (χ3v) is 3.04. The maximum absolute atomic E-state index is 11.5. The van der Waals surface area contributed by atoms with Gasteiger partial charge in [-0.2, -0.15) is 8.42 Å². The summed E-state index contributed by atoms with van der Waals surface area (Å²) in [5.74, 6) is 0. The van der Waals surface area contributed by atoms with Crippen LogP contribution in [0.1, 0.15) is 5.56 Å². The maximum Gasteiger partial charge on any atom is 0.297 e. The van der Waals surface area contributed by atoms with Crippen molar-refractivity contribution in [3.63, 3.8) is 0 Å². The highest BCUT2D eigenvalue weighted by Gasteiger charge is 2.13. The summed E-state index contributed by atoms with van der Waals surface area (Å²) in [6.07, 6.45) is 3.02. The van der Waals surface area contributed by atoms with E-state index in [0.717, 1.165) is 5.56 Å². The van der Waals surface area contributed by atoms with E-state index >= 15 is 0 Å². The van der Waals surface area contributed by atoms with Crippen molar-refractivity contribution in [2.75, 3.05) is 6.61 Å². The summed E-state index contributed by atoms with van der Waals surface area (Å²) in [5.41, 5.74) is 0.859. The van der Waals surface area contributed by atoms with Gasteiger partial charge in [0, 0.05) is 0 Å². The van der Waals surface area contributed by atoms with Crippen molar-refractivity contribution in [1.29, 1.82) is 0 Å². The van der Waals surface area contributed by atoms with E-state index in [4.69, 9.17) is 0 Å². The fourth-order valence-electron chi connectivity index (χ4n) is 0.976. The molecule has 0 saturated carbocycles. The number of benzene rings is 1. The Bertz CT molecular complexity index is 443. The minimum absolute atomic E-state index is 0.0223. The Balaban J connectivity index is 2.95. The zero-order valence-corrected chi connectivity index (χ0v) is 9.03. The normalized spacial score (nSPS) is 10.9. The molecular weight excluding hydrogens is 212 g/mol. The molecule has 0 saturated heterocycles. The van der Waals surface area contributed by atoms with Crippen LogP contribution in [0.3, 0.4) is 0 Å². The molecule has 0 aliphatic rings. The van der Waals surface area contributed by atoms with Gasteiger partial charge in [-0.3, -0.25) is 4.18 Å². The van der Waals surface area contributed by atoms with E-state index in [1.54, 1.807) is 18.2 Å². The molecule has 1 rings (SSSR count). The van der Waals surface area contributed by atoms with Crippen LogP contribution in [0.2, 0.25) is 0 Å². The Morgan fingerprint density at radius 2 is 1.80 bits per heavy atom. The van der Waals surface area contributed by atoms with Crippen LogP contribution in [0, 0.1) is 0 Å². The first kappa shape index (κ1) is 11.7. The third kappa shape index (κ3) is 3.04. The molecule has 0 bridgehead atoms. The summed E-state index contributed by atoms with van der Waals surface area (Å²) in [6, 6.07) is 6.29. The lowest BCUT2D eigenvalue weighted by atomic mass is 10.2. The Labute approximate surface area is 89.8 Å². The molecule has 0 N–H and O–H groups in total. The molecule has 0 heterocycles. The van der Waals surface area contributed by atoms with Crippen molar-refractivity contribution in [2.24, 2.45) is 0 Å². The van der Waals surface area contributed by atoms with Gasteiger partial charge in [0.1, 0.15) is 0 Å². The predicted octanol–water partition coefficient (Wildman–Crippen LogP) is 2.22. The van der Waals surface area contributed by atoms with Crippen molar-refractivity contribution in [1.82, 2.24) is 0 Å². The van der Waals surface area contributed by atoms with Crippen molar-refractivity contribution in [3.05, 3.63) is 49.1 Å². The SMILES string of the molecule is C=CCOS(=O)(=O)c1ccc(C=C)cc1. The molecule has 4 heteroatoms. The number of hydrogen-bond donors (Lipinski definition) is 0. The van der Waals surface area contributed by atoms with Crippen molar-refractivity contribution in [2.45, 2.75) is 4.90 Å². The summed E-state index contributed by atoms with van der Waals surface area (Å²) >= 11 is 0. The lowest BCUT2D eigenvalue weighted by Gasteiger charge is -2.03. The van der Waals surface area contributed by atoms with Gasteiger partial charge in [0.05, 0.1) is 11.5 Å². The van der Waals surface area contributed by atoms with E-state index in [1.165, 1.54) is 18.2 Å². The van der Waals surface area contributed by atoms with Gasteiger partial charge in [-0.25, -0.2) is 0 Å². The van der Waals surface area contributed by atoms with Gasteiger partial charge in [-0.1, -0.05) is 30.9 Å². The molecule has 0 spiro atoms. The molecule has 0 aromatic heterocycles. The Morgan fingerprint density at radius 3 is 2.27 bits per heavy atom. The molecule has 80 valence electrons. The molecule has 0 fully saturated rings. The minimum atomic E-state index is -3.65. The van der Waals surface area contributed by atoms with E-state index in [-0.39, 0.29) is 11.5 Å². The Morgan fingerprint density at radius 1 is 1.20 bits per heavy atom. The van der Waals surface area contributed by atoms with Gasteiger partial charge >= 0.3 is 0 Å². The predicted molar refractivity (Wildman–Crippen MR) is 59.9 cm³/mol. The van der Waals surface area contributed by atoms with Crippen molar-refractivity contribution in [3.8, 4) is 0 Å². The number of hydrogen-bond acceptors (Lipinski definition) is 3. The minimum Gasteiger partial charge on any atom is -0.262 e. The van der Waals surface area contributed by atoms with Crippen molar-refractivity contribution < 1.29 is 12.6 Å². The summed E-state index contributed by atoms with van der Waals surface area (Å²) in [6.45, 7) is 6.94. The average molecular weight is 224 g/mol. The molecule has 0 unspecified atom stereocenters. The number of rotatable bonds is 5. The molecule has 1 aromatic rings. The van der Waals surface area contributed by atoms with Crippen LogP contribution in [0.4, 0.5) is 0 Å². The molecule has 1 aromatic carbocycles. The highest BCUT2D eigenvalue weighted by Crippen LogP contribution is 2.13. The van der Waals surface area contributed by atoms with Gasteiger partial charge in [0.25, 0.3) is 10.1 Å². The molecule has 0 aliphatic heterocycles. The Hall–Kier alpha value is -1.39. The van der Waals surface area contributed by atoms with Gasteiger partial charge in [-0.15, -0.1) is 6.58 Å². The molecule has 0 amide bonds. The van der Waals surface area contributed by atoms with E-state index in [2.05, 4.69) is 17.3 Å². The van der Waals surface area contributed by atoms with Gasteiger partial charge in [0.15, 0.2) is 0 Å². The molecule has 3 nitrogen and oxygen atoms in total. The third-order valence-electron chi connectivity index (χ3n) is 1.75. The van der Waals surface area contributed by atoms with Crippen LogP contribution in [-0.2, 0) is 14.3 Å². The summed E-state index contributed by atoms with van der Waals surface area (Å²) in [4.78, 5) is 0.134. The second-order valence-corrected chi connectivity index (χ2v) is 4.42. The maximum atomic E-state index is 11.5. The standard InChI is InChI=1S/C11H12O3S/c1-3-9-14-15(12,13)11-7-5-10(4-2)6-8-11/h3-8H,1-2,9H2. The second kappa shape index (κ2) is 4.91. The summed E-state index contributed by atoms with van der Waals surface area (Å²) in [7, 11) is -3.65. The molecule has 0 atom stereocenters. The molecule has 0 radical (unpaired) electrons. The van der Waals surface area contributed by atoms with Crippen LogP contribution in [0.25, 0.3) is 6.08 Å². The van der Waals surface area contributed by atoms with E-state index in [0.29, 0.717) is 0 Å².